The number of aliphatic hydroxyl groups excluding tert-OH is 1. The smallest absolute Gasteiger partial charge is 0.219 e. The van der Waals surface area contributed by atoms with E-state index >= 15 is 0 Å². The second kappa shape index (κ2) is 9.48. The Bertz CT molecular complexity index is 129. The first-order chi connectivity index (χ1) is 6.31. The maximum Gasteiger partial charge on any atom is 0.219 e. The highest BCUT2D eigenvalue weighted by atomic mass is 16.3. The Kier molecular flexibility index (Phi) is 9.03. The van der Waals surface area contributed by atoms with E-state index in [0.29, 0.717) is 25.9 Å². The van der Waals surface area contributed by atoms with Gasteiger partial charge in [-0.05, 0) is 25.8 Å². The third-order valence-corrected chi connectivity index (χ3v) is 1.77. The average molecular weight is 188 g/mol. The number of aliphatic hydroxyl groups is 1. The molecule has 0 aliphatic carbocycles. The molecule has 0 spiro atoms. The highest BCUT2D eigenvalue weighted by Gasteiger charge is 1.98. The molecule has 0 aromatic carbocycles. The number of amides is 1. The summed E-state index contributed by atoms with van der Waals surface area (Å²) in [7, 11) is 0. The van der Waals surface area contributed by atoms with Crippen LogP contribution >= 0.6 is 0 Å². The molecule has 0 rings (SSSR count). The summed E-state index contributed by atoms with van der Waals surface area (Å²) in [5, 5.41) is 11.2. The zero-order valence-corrected chi connectivity index (χ0v) is 8.09. The molecule has 13 heavy (non-hydrogen) atoms. The van der Waals surface area contributed by atoms with Gasteiger partial charge in [0.2, 0.25) is 5.91 Å². The standard InChI is InChI=1S/C9H20N2O2/c10-6-3-1-2-5-9(13)11-7-4-8-12/h12H,1-8,10H2,(H,11,13). The Labute approximate surface area is 79.5 Å². The van der Waals surface area contributed by atoms with E-state index < -0.39 is 0 Å². The van der Waals surface area contributed by atoms with Crippen LogP contribution in [0.1, 0.15) is 32.1 Å². The lowest BCUT2D eigenvalue weighted by atomic mass is 10.2. The van der Waals surface area contributed by atoms with E-state index in [1.165, 1.54) is 0 Å². The van der Waals surface area contributed by atoms with E-state index in [0.717, 1.165) is 19.3 Å². The number of nitrogens with two attached hydrogens (primary N) is 1. The van der Waals surface area contributed by atoms with Crippen LogP contribution in [-0.4, -0.2) is 30.7 Å². The molecule has 0 bridgehead atoms. The summed E-state index contributed by atoms with van der Waals surface area (Å²) in [5.41, 5.74) is 5.32. The highest BCUT2D eigenvalue weighted by molar-refractivity contribution is 5.75. The number of carbonyl (C=O) groups excluding carboxylic acids is 1. The Morgan fingerprint density at radius 1 is 1.23 bits per heavy atom. The molecule has 0 heterocycles. The van der Waals surface area contributed by atoms with Crippen molar-refractivity contribution in [2.24, 2.45) is 5.73 Å². The third kappa shape index (κ3) is 9.30. The molecule has 0 aromatic heterocycles. The lowest BCUT2D eigenvalue weighted by molar-refractivity contribution is -0.121. The lowest BCUT2D eigenvalue weighted by Crippen LogP contribution is -2.24. The minimum atomic E-state index is 0.0745. The Morgan fingerprint density at radius 3 is 2.62 bits per heavy atom. The molecular formula is C9H20N2O2. The summed E-state index contributed by atoms with van der Waals surface area (Å²) in [6.07, 6.45) is 4.12. The van der Waals surface area contributed by atoms with Crippen LogP contribution in [0.25, 0.3) is 0 Å². The van der Waals surface area contributed by atoms with Crippen LogP contribution in [0, 0.1) is 0 Å². The SMILES string of the molecule is NCCCCCC(=O)NCCCO. The molecular weight excluding hydrogens is 168 g/mol. The first-order valence-electron chi connectivity index (χ1n) is 4.89. The number of nitrogens with one attached hydrogen (secondary N) is 1. The quantitative estimate of drug-likeness (QED) is 0.469. The molecule has 4 N–H and O–H groups in total. The van der Waals surface area contributed by atoms with E-state index in [1.54, 1.807) is 0 Å². The molecule has 78 valence electrons. The van der Waals surface area contributed by atoms with Gasteiger partial charge in [0.25, 0.3) is 0 Å². The molecule has 4 heteroatoms. The van der Waals surface area contributed by atoms with Crippen molar-refractivity contribution >= 4 is 5.91 Å². The van der Waals surface area contributed by atoms with Crippen LogP contribution in [0.2, 0.25) is 0 Å². The molecule has 0 aliphatic heterocycles. The molecule has 0 atom stereocenters. The summed E-state index contributed by atoms with van der Waals surface area (Å²) in [5.74, 6) is 0.0745. The fourth-order valence-corrected chi connectivity index (χ4v) is 1.00. The van der Waals surface area contributed by atoms with E-state index in [9.17, 15) is 4.79 Å². The van der Waals surface area contributed by atoms with Crippen LogP contribution in [0.5, 0.6) is 0 Å². The Morgan fingerprint density at radius 2 is 2.00 bits per heavy atom. The summed E-state index contributed by atoms with van der Waals surface area (Å²) in [4.78, 5) is 11.1. The lowest BCUT2D eigenvalue weighted by Gasteiger charge is -2.03. The van der Waals surface area contributed by atoms with Crippen molar-refractivity contribution in [2.45, 2.75) is 32.1 Å². The van der Waals surface area contributed by atoms with Crippen molar-refractivity contribution in [3.05, 3.63) is 0 Å². The molecule has 4 nitrogen and oxygen atoms in total. The minimum Gasteiger partial charge on any atom is -0.396 e. The van der Waals surface area contributed by atoms with Crippen LogP contribution in [0.15, 0.2) is 0 Å². The van der Waals surface area contributed by atoms with Gasteiger partial charge in [-0.25, -0.2) is 0 Å². The van der Waals surface area contributed by atoms with Crippen LogP contribution in [-0.2, 0) is 4.79 Å². The normalized spacial score (nSPS) is 10.0. The van der Waals surface area contributed by atoms with Crippen LogP contribution in [0.3, 0.4) is 0 Å². The largest absolute Gasteiger partial charge is 0.396 e. The first-order valence-corrected chi connectivity index (χ1v) is 4.89. The molecule has 0 saturated carbocycles. The van der Waals surface area contributed by atoms with Gasteiger partial charge in [0.05, 0.1) is 0 Å². The fourth-order valence-electron chi connectivity index (χ4n) is 1.00. The number of hydrogen-bond donors (Lipinski definition) is 3. The van der Waals surface area contributed by atoms with Gasteiger partial charge in [0.1, 0.15) is 0 Å². The molecule has 0 radical (unpaired) electrons. The molecule has 1 amide bonds. The van der Waals surface area contributed by atoms with Crippen molar-refractivity contribution in [2.75, 3.05) is 19.7 Å². The number of rotatable bonds is 8. The minimum absolute atomic E-state index is 0.0745. The van der Waals surface area contributed by atoms with Gasteiger partial charge in [-0.3, -0.25) is 4.79 Å². The van der Waals surface area contributed by atoms with E-state index in [4.69, 9.17) is 10.8 Å². The number of unbranched alkanes of at least 4 members (excludes halogenated alkanes) is 2. The Balaban J connectivity index is 3.11. The highest BCUT2D eigenvalue weighted by Crippen LogP contribution is 1.97. The van der Waals surface area contributed by atoms with Crippen molar-refractivity contribution in [3.8, 4) is 0 Å². The number of carbonyl (C=O) groups is 1. The van der Waals surface area contributed by atoms with Crippen LogP contribution in [0.4, 0.5) is 0 Å². The van der Waals surface area contributed by atoms with Crippen molar-refractivity contribution < 1.29 is 9.90 Å². The third-order valence-electron chi connectivity index (χ3n) is 1.77. The van der Waals surface area contributed by atoms with Crippen molar-refractivity contribution in [1.29, 1.82) is 0 Å². The second-order valence-corrected chi connectivity index (χ2v) is 3.03. The van der Waals surface area contributed by atoms with Gasteiger partial charge < -0.3 is 16.2 Å². The predicted molar refractivity (Wildman–Crippen MR) is 52.2 cm³/mol. The first kappa shape index (κ1) is 12.4. The topological polar surface area (TPSA) is 75.4 Å². The molecule has 0 fully saturated rings. The summed E-state index contributed by atoms with van der Waals surface area (Å²) < 4.78 is 0. The van der Waals surface area contributed by atoms with Gasteiger partial charge >= 0.3 is 0 Å². The summed E-state index contributed by atoms with van der Waals surface area (Å²) >= 11 is 0. The van der Waals surface area contributed by atoms with Crippen molar-refractivity contribution in [1.82, 2.24) is 5.32 Å². The van der Waals surface area contributed by atoms with Crippen LogP contribution < -0.4 is 11.1 Å². The van der Waals surface area contributed by atoms with E-state index in [1.807, 2.05) is 0 Å². The van der Waals surface area contributed by atoms with Gasteiger partial charge in [-0.15, -0.1) is 0 Å². The maximum atomic E-state index is 11.1. The molecule has 0 aromatic rings. The predicted octanol–water partition coefficient (Wildman–Crippen LogP) is 0.00410. The van der Waals surface area contributed by atoms with E-state index in [2.05, 4.69) is 5.32 Å². The average Bonchev–Trinajstić information content (AvgIpc) is 2.13. The summed E-state index contributed by atoms with van der Waals surface area (Å²) in [6.45, 7) is 1.41. The number of hydrogen-bond acceptors (Lipinski definition) is 3. The fraction of sp³-hybridized carbons (Fsp3) is 0.889. The zero-order valence-electron chi connectivity index (χ0n) is 8.09. The van der Waals surface area contributed by atoms with E-state index in [-0.39, 0.29) is 12.5 Å². The molecule has 0 unspecified atom stereocenters. The zero-order chi connectivity index (χ0) is 9.94. The van der Waals surface area contributed by atoms with Crippen molar-refractivity contribution in [3.63, 3.8) is 0 Å². The van der Waals surface area contributed by atoms with Gasteiger partial charge in [-0.2, -0.15) is 0 Å². The van der Waals surface area contributed by atoms with Gasteiger partial charge in [0.15, 0.2) is 0 Å². The molecule has 0 aliphatic rings. The summed E-state index contributed by atoms with van der Waals surface area (Å²) in [6, 6.07) is 0. The van der Waals surface area contributed by atoms with Gasteiger partial charge in [0, 0.05) is 19.6 Å². The Hall–Kier alpha value is -0.610. The second-order valence-electron chi connectivity index (χ2n) is 3.03. The molecule has 0 saturated heterocycles. The monoisotopic (exact) mass is 188 g/mol. The van der Waals surface area contributed by atoms with Gasteiger partial charge in [-0.1, -0.05) is 6.42 Å². The maximum absolute atomic E-state index is 11.1.